The third-order valence-corrected chi connectivity index (χ3v) is 5.26. The number of ether oxygens (including phenoxy) is 1. The van der Waals surface area contributed by atoms with Gasteiger partial charge in [-0.25, -0.2) is 28.8 Å². The van der Waals surface area contributed by atoms with Crippen molar-refractivity contribution in [1.29, 1.82) is 0 Å². The number of carbonyl (C=O) groups is 2. The van der Waals surface area contributed by atoms with E-state index in [1.54, 1.807) is 43.7 Å². The molecule has 3 aromatic heterocycles. The summed E-state index contributed by atoms with van der Waals surface area (Å²) in [4.78, 5) is 32.3. The van der Waals surface area contributed by atoms with Gasteiger partial charge < -0.3 is 26.0 Å². The van der Waals surface area contributed by atoms with Crippen LogP contribution in [-0.4, -0.2) is 58.9 Å². The number of aromatic hydroxyl groups is 1. The van der Waals surface area contributed by atoms with E-state index in [0.717, 1.165) is 4.57 Å². The van der Waals surface area contributed by atoms with Crippen molar-refractivity contribution in [3.63, 3.8) is 0 Å². The summed E-state index contributed by atoms with van der Waals surface area (Å²) < 4.78 is 7.84. The van der Waals surface area contributed by atoms with E-state index in [1.807, 2.05) is 0 Å². The first kappa shape index (κ1) is 23.8. The van der Waals surface area contributed by atoms with Crippen LogP contribution in [-0.2, 0) is 11.3 Å². The first-order valence-electron chi connectivity index (χ1n) is 11.1. The standard InChI is InChI=1S/C23H27N7O5/c1-23(2,3)35-21(32)25-9-4-5-10-29-20-16(19(24)26-12-27-20)17(28-29)14-11-13-7-6-8-15(31)18(13)30(14)22(33)34/h6-8,11-12,31H,4-5,9-10H2,1-3H3,(H,25,32)(H,33,34)(H2,24,26,27). The summed E-state index contributed by atoms with van der Waals surface area (Å²) in [6, 6.07) is 6.39. The molecule has 0 aliphatic carbocycles. The van der Waals surface area contributed by atoms with Gasteiger partial charge in [-0.2, -0.15) is 5.10 Å². The molecule has 184 valence electrons. The molecule has 1 aromatic carbocycles. The van der Waals surface area contributed by atoms with Gasteiger partial charge in [0.05, 0.1) is 11.1 Å². The number of carbonyl (C=O) groups excluding carboxylic acids is 1. The number of hydrogen-bond donors (Lipinski definition) is 4. The Kier molecular flexibility index (Phi) is 6.20. The molecular weight excluding hydrogens is 454 g/mol. The molecule has 0 bridgehead atoms. The minimum Gasteiger partial charge on any atom is -0.506 e. The van der Waals surface area contributed by atoms with Crippen molar-refractivity contribution < 1.29 is 24.5 Å². The van der Waals surface area contributed by atoms with Crippen molar-refractivity contribution in [2.24, 2.45) is 0 Å². The van der Waals surface area contributed by atoms with Gasteiger partial charge >= 0.3 is 12.2 Å². The maximum atomic E-state index is 12.1. The van der Waals surface area contributed by atoms with Crippen LogP contribution in [0.5, 0.6) is 5.75 Å². The molecule has 0 radical (unpaired) electrons. The molecule has 5 N–H and O–H groups in total. The Bertz CT molecular complexity index is 1420. The number of anilines is 1. The fourth-order valence-corrected chi connectivity index (χ4v) is 3.87. The van der Waals surface area contributed by atoms with Crippen LogP contribution >= 0.6 is 0 Å². The number of aryl methyl sites for hydroxylation is 1. The number of unbranched alkanes of at least 4 members (excludes halogenated alkanes) is 1. The number of phenols is 1. The number of aromatic nitrogens is 5. The van der Waals surface area contributed by atoms with Gasteiger partial charge in [-0.05, 0) is 45.7 Å². The summed E-state index contributed by atoms with van der Waals surface area (Å²) in [5.41, 5.74) is 6.73. The van der Waals surface area contributed by atoms with Crippen LogP contribution in [0.25, 0.3) is 33.3 Å². The summed E-state index contributed by atoms with van der Waals surface area (Å²) in [6.07, 6.45) is 0.873. The Balaban J connectivity index is 1.63. The van der Waals surface area contributed by atoms with Gasteiger partial charge in [-0.1, -0.05) is 12.1 Å². The van der Waals surface area contributed by atoms with E-state index in [0.29, 0.717) is 48.0 Å². The molecule has 35 heavy (non-hydrogen) atoms. The van der Waals surface area contributed by atoms with Crippen LogP contribution in [0.15, 0.2) is 30.6 Å². The lowest BCUT2D eigenvalue weighted by Gasteiger charge is -2.19. The molecule has 0 aliphatic rings. The van der Waals surface area contributed by atoms with Crippen LogP contribution in [0.3, 0.4) is 0 Å². The Morgan fingerprint density at radius 1 is 1.20 bits per heavy atom. The number of rotatable bonds is 6. The topological polar surface area (TPSA) is 170 Å². The fourth-order valence-electron chi connectivity index (χ4n) is 3.87. The molecule has 0 spiro atoms. The summed E-state index contributed by atoms with van der Waals surface area (Å²) in [6.45, 7) is 6.26. The number of nitrogen functional groups attached to an aromatic ring is 1. The first-order chi connectivity index (χ1) is 16.6. The molecule has 0 atom stereocenters. The van der Waals surface area contributed by atoms with Gasteiger partial charge in [-0.15, -0.1) is 0 Å². The molecule has 3 heterocycles. The second-order valence-corrected chi connectivity index (χ2v) is 9.03. The number of benzene rings is 1. The monoisotopic (exact) mass is 481 g/mol. The van der Waals surface area contributed by atoms with Crippen molar-refractivity contribution in [2.45, 2.75) is 45.8 Å². The second kappa shape index (κ2) is 9.12. The molecule has 0 aliphatic heterocycles. The Morgan fingerprint density at radius 2 is 1.97 bits per heavy atom. The average molecular weight is 482 g/mol. The molecule has 0 saturated carbocycles. The number of alkyl carbamates (subject to hydrolysis) is 1. The van der Waals surface area contributed by atoms with Crippen molar-refractivity contribution in [2.75, 3.05) is 12.3 Å². The maximum Gasteiger partial charge on any atom is 0.416 e. The lowest BCUT2D eigenvalue weighted by Crippen LogP contribution is -2.33. The Hall–Kier alpha value is -4.35. The number of nitrogens with zero attached hydrogens (tertiary/aromatic N) is 5. The number of hydrogen-bond acceptors (Lipinski definition) is 8. The third-order valence-electron chi connectivity index (χ3n) is 5.26. The Morgan fingerprint density at radius 3 is 2.69 bits per heavy atom. The van der Waals surface area contributed by atoms with Crippen molar-refractivity contribution in [1.82, 2.24) is 29.6 Å². The highest BCUT2D eigenvalue weighted by Crippen LogP contribution is 2.36. The van der Waals surface area contributed by atoms with Crippen molar-refractivity contribution in [3.05, 3.63) is 30.6 Å². The molecule has 12 nitrogen and oxygen atoms in total. The number of nitrogens with two attached hydrogens (primary N) is 1. The van der Waals surface area contributed by atoms with Gasteiger partial charge in [0.25, 0.3) is 0 Å². The third kappa shape index (κ3) is 4.81. The first-order valence-corrected chi connectivity index (χ1v) is 11.1. The van der Waals surface area contributed by atoms with Gasteiger partial charge in [0.2, 0.25) is 0 Å². The van der Waals surface area contributed by atoms with Crippen molar-refractivity contribution in [3.8, 4) is 17.1 Å². The molecule has 12 heteroatoms. The molecule has 0 saturated heterocycles. The number of nitrogens with one attached hydrogen (secondary N) is 1. The number of amides is 1. The van der Waals surface area contributed by atoms with E-state index in [4.69, 9.17) is 10.5 Å². The SMILES string of the molecule is CC(C)(C)OC(=O)NCCCCn1nc(-c2cc3cccc(O)c3n2C(=O)O)c2c(N)ncnc21. The highest BCUT2D eigenvalue weighted by Gasteiger charge is 2.24. The zero-order chi connectivity index (χ0) is 25.3. The molecule has 4 aromatic rings. The summed E-state index contributed by atoms with van der Waals surface area (Å²) in [5, 5.41) is 28.5. The van der Waals surface area contributed by atoms with E-state index in [1.165, 1.54) is 12.4 Å². The predicted molar refractivity (Wildman–Crippen MR) is 129 cm³/mol. The number of carboxylic acid groups (broad SMARTS) is 1. The Labute approximate surface area is 200 Å². The number of fused-ring (bicyclic) bond motifs is 2. The van der Waals surface area contributed by atoms with Crippen LogP contribution < -0.4 is 11.1 Å². The average Bonchev–Trinajstić information content (AvgIpc) is 3.33. The van der Waals surface area contributed by atoms with Crippen molar-refractivity contribution >= 4 is 39.9 Å². The van der Waals surface area contributed by atoms with Crippen LogP contribution in [0.4, 0.5) is 15.4 Å². The van der Waals surface area contributed by atoms with E-state index in [-0.39, 0.29) is 22.8 Å². The molecular formula is C23H27N7O5. The summed E-state index contributed by atoms with van der Waals surface area (Å²) in [5.74, 6) is -0.00384. The highest BCUT2D eigenvalue weighted by molar-refractivity contribution is 6.04. The zero-order valence-corrected chi connectivity index (χ0v) is 19.6. The van der Waals surface area contributed by atoms with E-state index in [9.17, 15) is 19.8 Å². The predicted octanol–water partition coefficient (Wildman–Crippen LogP) is 3.57. The lowest BCUT2D eigenvalue weighted by atomic mass is 10.2. The molecule has 4 rings (SSSR count). The van der Waals surface area contributed by atoms with E-state index < -0.39 is 17.8 Å². The lowest BCUT2D eigenvalue weighted by molar-refractivity contribution is 0.0526. The van der Waals surface area contributed by atoms with Gasteiger partial charge in [-0.3, -0.25) is 0 Å². The summed E-state index contributed by atoms with van der Waals surface area (Å²) in [7, 11) is 0. The zero-order valence-electron chi connectivity index (χ0n) is 19.6. The molecule has 1 amide bonds. The summed E-state index contributed by atoms with van der Waals surface area (Å²) >= 11 is 0. The van der Waals surface area contributed by atoms with E-state index in [2.05, 4.69) is 20.4 Å². The normalized spacial score (nSPS) is 11.7. The van der Waals surface area contributed by atoms with E-state index >= 15 is 0 Å². The number of phenolic OH excluding ortho intramolecular Hbond substituents is 1. The maximum absolute atomic E-state index is 12.1. The molecule has 0 fully saturated rings. The molecule has 0 unspecified atom stereocenters. The highest BCUT2D eigenvalue weighted by atomic mass is 16.6. The van der Waals surface area contributed by atoms with Gasteiger partial charge in [0.15, 0.2) is 5.65 Å². The van der Waals surface area contributed by atoms with Gasteiger partial charge in [0, 0.05) is 18.5 Å². The smallest absolute Gasteiger partial charge is 0.416 e. The second-order valence-electron chi connectivity index (χ2n) is 9.03. The van der Waals surface area contributed by atoms with Gasteiger partial charge in [0.1, 0.15) is 34.7 Å². The van der Waals surface area contributed by atoms with Crippen LogP contribution in [0.2, 0.25) is 0 Å². The minimum absolute atomic E-state index is 0.154. The fraction of sp³-hybridized carbons (Fsp3) is 0.348. The number of para-hydroxylation sites is 1. The minimum atomic E-state index is -1.28. The largest absolute Gasteiger partial charge is 0.506 e. The van der Waals surface area contributed by atoms with Crippen LogP contribution in [0, 0.1) is 0 Å². The van der Waals surface area contributed by atoms with Crippen LogP contribution in [0.1, 0.15) is 33.6 Å². The quantitative estimate of drug-likeness (QED) is 0.301.